The summed E-state index contributed by atoms with van der Waals surface area (Å²) in [5, 5.41) is 0. The fraction of sp³-hybridized carbons (Fsp3) is 0.423. The van der Waals surface area contributed by atoms with Crippen LogP contribution < -0.4 is 9.80 Å². The van der Waals surface area contributed by atoms with Crippen molar-refractivity contribution < 1.29 is 14.4 Å². The average Bonchev–Trinajstić information content (AvgIpc) is 3.47. The molecule has 2 aromatic carbocycles. The van der Waals surface area contributed by atoms with Crippen LogP contribution in [0.1, 0.15) is 36.5 Å². The van der Waals surface area contributed by atoms with E-state index in [2.05, 4.69) is 4.90 Å². The van der Waals surface area contributed by atoms with Crippen molar-refractivity contribution in [2.75, 3.05) is 22.9 Å². The molecule has 2 aromatic rings. The molecule has 3 amide bonds. The van der Waals surface area contributed by atoms with E-state index in [1.54, 1.807) is 4.90 Å². The fourth-order valence-electron chi connectivity index (χ4n) is 6.95. The van der Waals surface area contributed by atoms with Gasteiger partial charge in [-0.3, -0.25) is 19.3 Å². The lowest BCUT2D eigenvalue weighted by Gasteiger charge is -2.37. The van der Waals surface area contributed by atoms with Crippen molar-refractivity contribution in [2.45, 2.75) is 45.2 Å². The molecule has 6 heteroatoms. The Morgan fingerprint density at radius 1 is 1.00 bits per heavy atom. The van der Waals surface area contributed by atoms with E-state index in [1.165, 1.54) is 4.90 Å². The summed E-state index contributed by atoms with van der Waals surface area (Å²) in [4.78, 5) is 47.4. The number of nitrogens with zero attached hydrogens (tertiary/aromatic N) is 3. The van der Waals surface area contributed by atoms with Gasteiger partial charge >= 0.3 is 0 Å². The van der Waals surface area contributed by atoms with Crippen LogP contribution in [0, 0.1) is 25.7 Å². The number of hydrogen-bond acceptors (Lipinski definition) is 4. The highest BCUT2D eigenvalue weighted by molar-refractivity contribution is 6.26. The third-order valence-electron chi connectivity index (χ3n) is 8.05. The number of likely N-dealkylation sites (N-methyl/N-ethyl adjacent to an activating group) is 1. The van der Waals surface area contributed by atoms with Crippen LogP contribution in [-0.2, 0) is 19.9 Å². The molecule has 3 saturated heterocycles. The number of para-hydroxylation sites is 1. The molecule has 4 heterocycles. The number of amides is 3. The molecule has 0 bridgehead atoms. The summed E-state index contributed by atoms with van der Waals surface area (Å²) in [5.74, 6) is -1.61. The standard InChI is InChI=1S/C26H27N3O3/c1-4-27-19-9-6-5-8-17(19)26(25(27)32)22-21(20-10-7-13-28(20)26)23(30)29(24(22)31)18-12-11-15(2)14-16(18)3/h5-6,8-9,11-12,14,20-22H,4,7,10,13H2,1-3H3/t20-,21+,22+,26+/m1/s1. The summed E-state index contributed by atoms with van der Waals surface area (Å²) >= 11 is 0. The molecule has 0 saturated carbocycles. The van der Waals surface area contributed by atoms with Gasteiger partial charge in [-0.05, 0) is 57.9 Å². The molecule has 0 aromatic heterocycles. The molecule has 1 spiro atoms. The third-order valence-corrected chi connectivity index (χ3v) is 8.05. The molecule has 0 radical (unpaired) electrons. The Bertz CT molecular complexity index is 1190. The minimum absolute atomic E-state index is 0.0516. The van der Waals surface area contributed by atoms with Gasteiger partial charge in [-0.2, -0.15) is 0 Å². The Morgan fingerprint density at radius 2 is 1.78 bits per heavy atom. The average molecular weight is 430 g/mol. The van der Waals surface area contributed by atoms with E-state index >= 15 is 0 Å². The second-order valence-electron chi connectivity index (χ2n) is 9.54. The predicted molar refractivity (Wildman–Crippen MR) is 121 cm³/mol. The lowest BCUT2D eigenvalue weighted by molar-refractivity contribution is -0.137. The number of fused-ring (bicyclic) bond motifs is 7. The van der Waals surface area contributed by atoms with Crippen LogP contribution >= 0.6 is 0 Å². The number of aryl methyl sites for hydroxylation is 2. The molecule has 4 atom stereocenters. The molecular weight excluding hydrogens is 402 g/mol. The van der Waals surface area contributed by atoms with Crippen molar-refractivity contribution in [1.82, 2.24) is 4.90 Å². The van der Waals surface area contributed by atoms with Gasteiger partial charge in [0.25, 0.3) is 5.91 Å². The van der Waals surface area contributed by atoms with Crippen LogP contribution in [0.5, 0.6) is 0 Å². The second-order valence-corrected chi connectivity index (χ2v) is 9.54. The molecule has 6 rings (SSSR count). The van der Waals surface area contributed by atoms with Gasteiger partial charge in [0, 0.05) is 23.8 Å². The summed E-state index contributed by atoms with van der Waals surface area (Å²) in [7, 11) is 0. The van der Waals surface area contributed by atoms with Gasteiger partial charge in [0.2, 0.25) is 11.8 Å². The largest absolute Gasteiger partial charge is 0.310 e. The van der Waals surface area contributed by atoms with Gasteiger partial charge in [0.05, 0.1) is 17.5 Å². The van der Waals surface area contributed by atoms with Crippen LogP contribution in [0.15, 0.2) is 42.5 Å². The number of carbonyl (C=O) groups excluding carboxylic acids is 3. The SMILES string of the molecule is CCN1C(=O)[C@]2(c3ccccc31)[C@@H]1C(=O)N(c3ccc(C)cc3C)C(=O)[C@H]1[C@H]1CCCN12. The van der Waals surface area contributed by atoms with E-state index < -0.39 is 17.4 Å². The van der Waals surface area contributed by atoms with E-state index in [4.69, 9.17) is 0 Å². The molecule has 4 aliphatic rings. The molecular formula is C26H27N3O3. The maximum atomic E-state index is 14.1. The highest BCUT2D eigenvalue weighted by Gasteiger charge is 2.75. The van der Waals surface area contributed by atoms with Gasteiger partial charge in [0.1, 0.15) is 5.54 Å². The van der Waals surface area contributed by atoms with Crippen molar-refractivity contribution >= 4 is 29.1 Å². The van der Waals surface area contributed by atoms with Crippen molar-refractivity contribution in [2.24, 2.45) is 11.8 Å². The Hall–Kier alpha value is -2.99. The van der Waals surface area contributed by atoms with Gasteiger partial charge in [0.15, 0.2) is 0 Å². The quantitative estimate of drug-likeness (QED) is 0.688. The Morgan fingerprint density at radius 3 is 2.53 bits per heavy atom. The Kier molecular flexibility index (Phi) is 4.01. The first kappa shape index (κ1) is 19.7. The van der Waals surface area contributed by atoms with Crippen LogP contribution in [0.4, 0.5) is 11.4 Å². The minimum atomic E-state index is -1.08. The molecule has 3 fully saturated rings. The van der Waals surface area contributed by atoms with E-state index in [-0.39, 0.29) is 23.8 Å². The zero-order valence-electron chi connectivity index (χ0n) is 18.7. The predicted octanol–water partition coefficient (Wildman–Crippen LogP) is 3.15. The number of anilines is 2. The van der Waals surface area contributed by atoms with Crippen molar-refractivity contribution in [3.63, 3.8) is 0 Å². The first-order valence-electron chi connectivity index (χ1n) is 11.6. The van der Waals surface area contributed by atoms with E-state index in [1.807, 2.05) is 63.2 Å². The maximum absolute atomic E-state index is 14.1. The summed E-state index contributed by atoms with van der Waals surface area (Å²) in [6, 6.07) is 13.5. The number of hydrogen-bond donors (Lipinski definition) is 0. The van der Waals surface area contributed by atoms with Crippen molar-refractivity contribution in [3.05, 3.63) is 59.2 Å². The van der Waals surface area contributed by atoms with E-state index in [0.717, 1.165) is 41.8 Å². The normalized spacial score (nSPS) is 31.1. The molecule has 4 aliphatic heterocycles. The second kappa shape index (κ2) is 6.51. The molecule has 0 aliphatic carbocycles. The lowest BCUT2D eigenvalue weighted by Crippen LogP contribution is -2.56. The van der Waals surface area contributed by atoms with Crippen molar-refractivity contribution in [1.29, 1.82) is 0 Å². The fourth-order valence-corrected chi connectivity index (χ4v) is 6.95. The highest BCUT2D eigenvalue weighted by atomic mass is 16.2. The molecule has 0 N–H and O–H groups in total. The van der Waals surface area contributed by atoms with Crippen LogP contribution in [-0.4, -0.2) is 41.8 Å². The van der Waals surface area contributed by atoms with Gasteiger partial charge in [-0.25, -0.2) is 4.90 Å². The number of rotatable bonds is 2. The van der Waals surface area contributed by atoms with Crippen LogP contribution in [0.25, 0.3) is 0 Å². The number of imide groups is 1. The summed E-state index contributed by atoms with van der Waals surface area (Å²) < 4.78 is 0. The van der Waals surface area contributed by atoms with E-state index in [9.17, 15) is 14.4 Å². The monoisotopic (exact) mass is 429 g/mol. The maximum Gasteiger partial charge on any atom is 0.253 e. The van der Waals surface area contributed by atoms with Crippen molar-refractivity contribution in [3.8, 4) is 0 Å². The Balaban J connectivity index is 1.57. The molecule has 32 heavy (non-hydrogen) atoms. The summed E-state index contributed by atoms with van der Waals surface area (Å²) in [6.45, 7) is 7.17. The Labute approximate surface area is 187 Å². The molecule has 6 nitrogen and oxygen atoms in total. The molecule has 0 unspecified atom stereocenters. The topological polar surface area (TPSA) is 60.9 Å². The van der Waals surface area contributed by atoms with Crippen LogP contribution in [0.2, 0.25) is 0 Å². The summed E-state index contributed by atoms with van der Waals surface area (Å²) in [6.07, 6.45) is 1.77. The molecule has 164 valence electrons. The number of benzene rings is 2. The van der Waals surface area contributed by atoms with E-state index in [0.29, 0.717) is 12.2 Å². The number of carbonyl (C=O) groups is 3. The third kappa shape index (κ3) is 2.11. The smallest absolute Gasteiger partial charge is 0.253 e. The minimum Gasteiger partial charge on any atom is -0.310 e. The zero-order valence-corrected chi connectivity index (χ0v) is 18.7. The first-order chi connectivity index (χ1) is 15.4. The lowest BCUT2D eigenvalue weighted by atomic mass is 9.75. The van der Waals surface area contributed by atoms with Gasteiger partial charge in [-0.15, -0.1) is 0 Å². The first-order valence-corrected chi connectivity index (χ1v) is 11.6. The summed E-state index contributed by atoms with van der Waals surface area (Å²) in [5.41, 5.74) is 3.30. The highest BCUT2D eigenvalue weighted by Crippen LogP contribution is 2.61. The van der Waals surface area contributed by atoms with Gasteiger partial charge < -0.3 is 4.90 Å². The zero-order chi connectivity index (χ0) is 22.4. The van der Waals surface area contributed by atoms with Gasteiger partial charge in [-0.1, -0.05) is 35.9 Å². The van der Waals surface area contributed by atoms with Crippen LogP contribution in [0.3, 0.4) is 0 Å².